The number of nitrogens with zero attached hydrogens (tertiary/aromatic N) is 1. The second kappa shape index (κ2) is 10.9. The Kier molecular flexibility index (Phi) is 8.81. The highest BCUT2D eigenvalue weighted by Crippen LogP contribution is 2.33. The smallest absolute Gasteiger partial charge is 0.432 e. The molecule has 0 bridgehead atoms. The Balaban J connectivity index is 2.28. The minimum Gasteiger partial charge on any atom is -0.463 e. The lowest BCUT2D eigenvalue weighted by atomic mass is 10.2. The van der Waals surface area contributed by atoms with Crippen molar-refractivity contribution >= 4 is 38.6 Å². The number of ether oxygens (including phenoxy) is 1. The molecule has 0 amide bonds. The summed E-state index contributed by atoms with van der Waals surface area (Å²) in [6, 6.07) is 9.34. The summed E-state index contributed by atoms with van der Waals surface area (Å²) in [5.41, 5.74) is -1.08. The van der Waals surface area contributed by atoms with Crippen molar-refractivity contribution in [1.82, 2.24) is 10.2 Å². The summed E-state index contributed by atoms with van der Waals surface area (Å²) in [6.45, 7) is 0.236. The molecule has 2 N–H and O–H groups in total. The molecule has 0 aliphatic heterocycles. The maximum atomic E-state index is 12.9. The van der Waals surface area contributed by atoms with Crippen LogP contribution in [0.2, 0.25) is 0 Å². The first-order valence-electron chi connectivity index (χ1n) is 9.59. The molecule has 1 aromatic heterocycles. The maximum Gasteiger partial charge on any atom is 0.432 e. The fourth-order valence-electron chi connectivity index (χ4n) is 2.51. The molecule has 12 heteroatoms. The van der Waals surface area contributed by atoms with Crippen LogP contribution in [0.1, 0.15) is 4.88 Å². The van der Waals surface area contributed by atoms with Gasteiger partial charge in [0.15, 0.2) is 9.84 Å². The molecule has 180 valence electrons. The van der Waals surface area contributed by atoms with Crippen molar-refractivity contribution in [3.63, 3.8) is 0 Å². The lowest BCUT2D eigenvalue weighted by molar-refractivity contribution is -0.142. The molecule has 0 atom stereocenters. The number of hydrogen-bond donors (Lipinski definition) is 2. The Morgan fingerprint density at radius 3 is 2.55 bits per heavy atom. The summed E-state index contributed by atoms with van der Waals surface area (Å²) >= 11 is 1.09. The number of carbonyl (C=O) groups excluding carboxylic acids is 1. The highest BCUT2D eigenvalue weighted by molar-refractivity contribution is 7.90. The molecule has 0 radical (unpaired) electrons. The number of alkyl halides is 3. The highest BCUT2D eigenvalue weighted by atomic mass is 32.2. The van der Waals surface area contributed by atoms with Crippen LogP contribution in [0.4, 0.5) is 13.2 Å². The third-order valence-electron chi connectivity index (χ3n) is 4.24. The number of esters is 1. The van der Waals surface area contributed by atoms with Crippen molar-refractivity contribution < 1.29 is 31.1 Å². The average Bonchev–Trinajstić information content (AvgIpc) is 3.19. The van der Waals surface area contributed by atoms with Gasteiger partial charge in [-0.05, 0) is 50.0 Å². The first kappa shape index (κ1) is 26.6. The van der Waals surface area contributed by atoms with E-state index >= 15 is 0 Å². The number of hydrogen-bond acceptors (Lipinski definition) is 8. The van der Waals surface area contributed by atoms with Gasteiger partial charge in [-0.15, -0.1) is 11.3 Å². The number of nitrogens with one attached hydrogen (secondary N) is 2. The molecular formula is C21H24F3N3O4S2. The molecule has 1 aromatic carbocycles. The van der Waals surface area contributed by atoms with Gasteiger partial charge >= 0.3 is 12.1 Å². The van der Waals surface area contributed by atoms with E-state index in [4.69, 9.17) is 10.1 Å². The third-order valence-corrected chi connectivity index (χ3v) is 6.51. The van der Waals surface area contributed by atoms with E-state index in [2.05, 4.69) is 5.32 Å². The summed E-state index contributed by atoms with van der Waals surface area (Å²) in [4.78, 5) is 14.8. The van der Waals surface area contributed by atoms with Crippen LogP contribution in [0.5, 0.6) is 0 Å². The van der Waals surface area contributed by atoms with Gasteiger partial charge in [-0.3, -0.25) is 10.2 Å². The van der Waals surface area contributed by atoms with E-state index in [1.54, 1.807) is 32.3 Å². The topological polar surface area (TPSA) is 99.6 Å². The van der Waals surface area contributed by atoms with Gasteiger partial charge in [-0.2, -0.15) is 13.2 Å². The quantitative estimate of drug-likeness (QED) is 0.381. The minimum absolute atomic E-state index is 0.0718. The van der Waals surface area contributed by atoms with Gasteiger partial charge in [0.05, 0.1) is 15.5 Å². The van der Waals surface area contributed by atoms with Crippen LogP contribution in [0.25, 0.3) is 16.1 Å². The van der Waals surface area contributed by atoms with Crippen molar-refractivity contribution in [2.75, 3.05) is 40.0 Å². The van der Waals surface area contributed by atoms with Crippen molar-refractivity contribution in [2.45, 2.75) is 11.1 Å². The Hall–Kier alpha value is -2.70. The normalized spacial score (nSPS) is 12.6. The minimum atomic E-state index is -4.86. The van der Waals surface area contributed by atoms with Crippen molar-refractivity contribution in [1.29, 1.82) is 5.41 Å². The summed E-state index contributed by atoms with van der Waals surface area (Å²) in [6.07, 6.45) is -3.17. The fourth-order valence-corrected chi connectivity index (χ4v) is 4.18. The SMILES string of the molecule is CN(C)CCOC(=O)CN/C(=C\C(=N)C(F)(F)F)c1ccc(-c2cccc(S(C)(=O)=O)c2)s1. The number of rotatable bonds is 10. The number of halogens is 3. The zero-order valence-corrected chi connectivity index (χ0v) is 19.8. The van der Waals surface area contributed by atoms with E-state index in [1.807, 2.05) is 4.90 Å². The standard InChI is InChI=1S/C21H24F3N3O4S2/c1-27(2)9-10-31-20(28)13-26-16(12-19(25)21(22,23)24)18-8-7-17(32-18)14-5-4-6-15(11-14)33(3,29)30/h4-8,11-12,25-26H,9-10,13H2,1-3H3/b16-12-,25-19?. The van der Waals surface area contributed by atoms with Crippen LogP contribution in [-0.4, -0.2) is 71.2 Å². The molecule has 33 heavy (non-hydrogen) atoms. The number of allylic oxidation sites excluding steroid dienone is 1. The molecular weight excluding hydrogens is 479 g/mol. The predicted octanol–water partition coefficient (Wildman–Crippen LogP) is 3.44. The number of likely N-dealkylation sites (N-methyl/N-ethyl adjacent to an activating group) is 1. The molecule has 1 heterocycles. The molecule has 2 rings (SSSR count). The Morgan fingerprint density at radius 2 is 1.94 bits per heavy atom. The van der Waals surface area contributed by atoms with E-state index in [-0.39, 0.29) is 23.7 Å². The monoisotopic (exact) mass is 503 g/mol. The van der Waals surface area contributed by atoms with Gasteiger partial charge in [0, 0.05) is 17.7 Å². The molecule has 7 nitrogen and oxygen atoms in total. The van der Waals surface area contributed by atoms with Crippen LogP contribution in [0, 0.1) is 5.41 Å². The maximum absolute atomic E-state index is 12.9. The van der Waals surface area contributed by atoms with Gasteiger partial charge in [-0.1, -0.05) is 12.1 Å². The van der Waals surface area contributed by atoms with Gasteiger partial charge < -0.3 is 15.0 Å². The third kappa shape index (κ3) is 8.30. The molecule has 0 saturated heterocycles. The van der Waals surface area contributed by atoms with Crippen LogP contribution in [0.3, 0.4) is 0 Å². The van der Waals surface area contributed by atoms with E-state index in [0.29, 0.717) is 27.9 Å². The van der Waals surface area contributed by atoms with Crippen LogP contribution < -0.4 is 5.32 Å². The van der Waals surface area contributed by atoms with Gasteiger partial charge in [-0.25, -0.2) is 8.42 Å². The second-order valence-electron chi connectivity index (χ2n) is 7.31. The average molecular weight is 504 g/mol. The van der Waals surface area contributed by atoms with E-state index in [0.717, 1.165) is 17.6 Å². The predicted molar refractivity (Wildman–Crippen MR) is 122 cm³/mol. The lowest BCUT2D eigenvalue weighted by Crippen LogP contribution is -2.28. The molecule has 0 aliphatic rings. The van der Waals surface area contributed by atoms with Crippen molar-refractivity contribution in [3.05, 3.63) is 47.4 Å². The zero-order valence-electron chi connectivity index (χ0n) is 18.2. The Labute approximate surface area is 194 Å². The number of carbonyl (C=O) groups is 1. The van der Waals surface area contributed by atoms with Crippen LogP contribution in [-0.2, 0) is 19.4 Å². The first-order valence-corrected chi connectivity index (χ1v) is 12.3. The summed E-state index contributed by atoms with van der Waals surface area (Å²) in [7, 11) is 0.169. The van der Waals surface area contributed by atoms with Crippen LogP contribution >= 0.6 is 11.3 Å². The first-order chi connectivity index (χ1) is 15.3. The fraction of sp³-hybridized carbons (Fsp3) is 0.333. The van der Waals surface area contributed by atoms with Crippen LogP contribution in [0.15, 0.2) is 47.4 Å². The molecule has 0 aliphatic carbocycles. The number of thiophene rings is 1. The van der Waals surface area contributed by atoms with Crippen molar-refractivity contribution in [2.24, 2.45) is 0 Å². The van der Waals surface area contributed by atoms with E-state index < -0.39 is 27.7 Å². The van der Waals surface area contributed by atoms with Gasteiger partial charge in [0.25, 0.3) is 0 Å². The summed E-state index contributed by atoms with van der Waals surface area (Å²) in [5.74, 6) is -0.654. The molecule has 0 spiro atoms. The van der Waals surface area contributed by atoms with E-state index in [1.165, 1.54) is 18.2 Å². The largest absolute Gasteiger partial charge is 0.463 e. The van der Waals surface area contributed by atoms with Gasteiger partial charge in [0.1, 0.15) is 18.9 Å². The molecule has 0 saturated carbocycles. The Bertz CT molecular complexity index is 1140. The van der Waals surface area contributed by atoms with Gasteiger partial charge in [0.2, 0.25) is 0 Å². The lowest BCUT2D eigenvalue weighted by Gasteiger charge is -2.13. The van der Waals surface area contributed by atoms with Crippen molar-refractivity contribution in [3.8, 4) is 10.4 Å². The highest BCUT2D eigenvalue weighted by Gasteiger charge is 2.33. The zero-order chi connectivity index (χ0) is 24.8. The Morgan fingerprint density at radius 1 is 1.24 bits per heavy atom. The molecule has 0 unspecified atom stereocenters. The summed E-state index contributed by atoms with van der Waals surface area (Å²) in [5, 5.41) is 9.93. The second-order valence-corrected chi connectivity index (χ2v) is 10.4. The number of sulfone groups is 1. The summed E-state index contributed by atoms with van der Waals surface area (Å²) < 4.78 is 67.5. The van der Waals surface area contributed by atoms with E-state index in [9.17, 15) is 26.4 Å². The number of benzene rings is 1. The molecule has 0 fully saturated rings. The molecule has 2 aromatic rings.